The quantitative estimate of drug-likeness (QED) is 0.301. The molecule has 0 radical (unpaired) electrons. The second-order valence-electron chi connectivity index (χ2n) is 3.50. The van der Waals surface area contributed by atoms with Crippen molar-refractivity contribution in [3.63, 3.8) is 0 Å². The smallest absolute Gasteiger partial charge is 0.193 e. The molecule has 0 rings (SSSR count). The number of nitrogens with one attached hydrogen (secondary N) is 1. The van der Waals surface area contributed by atoms with Crippen LogP contribution in [0.1, 0.15) is 26.7 Å². The number of aliphatic hydroxyl groups excluding tert-OH is 3. The van der Waals surface area contributed by atoms with E-state index in [1.54, 1.807) is 6.92 Å². The van der Waals surface area contributed by atoms with Gasteiger partial charge in [0.2, 0.25) is 0 Å². The topological polar surface area (TPSA) is 99.0 Å². The molecule has 4 N–H and O–H groups in total. The average molecular weight is 235 g/mol. The summed E-state index contributed by atoms with van der Waals surface area (Å²) in [6, 6.07) is 0. The van der Waals surface area contributed by atoms with Gasteiger partial charge >= 0.3 is 0 Å². The van der Waals surface area contributed by atoms with E-state index in [9.17, 15) is 20.1 Å². The zero-order chi connectivity index (χ0) is 12.6. The molecule has 6 nitrogen and oxygen atoms in total. The molecule has 0 aliphatic carbocycles. The normalized spacial score (nSPS) is 16.8. The fraction of sp³-hybridized carbons (Fsp3) is 0.900. The van der Waals surface area contributed by atoms with Gasteiger partial charge in [-0.05, 0) is 13.3 Å². The molecule has 0 saturated heterocycles. The van der Waals surface area contributed by atoms with Crippen LogP contribution in [0.5, 0.6) is 0 Å². The molecule has 16 heavy (non-hydrogen) atoms. The highest BCUT2D eigenvalue weighted by Gasteiger charge is 2.28. The largest absolute Gasteiger partial charge is 0.390 e. The molecule has 3 atom stereocenters. The van der Waals surface area contributed by atoms with Crippen LogP contribution in [0.3, 0.4) is 0 Å². The summed E-state index contributed by atoms with van der Waals surface area (Å²) < 4.78 is 0. The highest BCUT2D eigenvalue weighted by Crippen LogP contribution is 2.05. The van der Waals surface area contributed by atoms with Gasteiger partial charge in [0.05, 0.1) is 19.3 Å². The second kappa shape index (κ2) is 8.60. The molecular weight excluding hydrogens is 214 g/mol. The van der Waals surface area contributed by atoms with Crippen LogP contribution in [0.4, 0.5) is 0 Å². The van der Waals surface area contributed by atoms with Crippen molar-refractivity contribution in [1.82, 2.24) is 5.48 Å². The monoisotopic (exact) mass is 235 g/mol. The van der Waals surface area contributed by atoms with Gasteiger partial charge in [0, 0.05) is 0 Å². The molecule has 0 aliphatic rings. The van der Waals surface area contributed by atoms with E-state index in [-0.39, 0.29) is 6.54 Å². The minimum atomic E-state index is -1.54. The van der Waals surface area contributed by atoms with Gasteiger partial charge in [0.25, 0.3) is 0 Å². The summed E-state index contributed by atoms with van der Waals surface area (Å²) in [6.45, 7) is 3.87. The lowest BCUT2D eigenvalue weighted by Gasteiger charge is -2.19. The molecule has 0 aliphatic heterocycles. The Morgan fingerprint density at radius 3 is 2.44 bits per heavy atom. The van der Waals surface area contributed by atoms with Crippen molar-refractivity contribution in [2.45, 2.75) is 45.0 Å². The van der Waals surface area contributed by atoms with E-state index in [2.05, 4.69) is 5.48 Å². The van der Waals surface area contributed by atoms with Gasteiger partial charge in [-0.2, -0.15) is 5.48 Å². The van der Waals surface area contributed by atoms with E-state index < -0.39 is 24.1 Å². The van der Waals surface area contributed by atoms with Crippen LogP contribution in [0.25, 0.3) is 0 Å². The average Bonchev–Trinajstić information content (AvgIpc) is 2.27. The Morgan fingerprint density at radius 1 is 1.31 bits per heavy atom. The first-order chi connectivity index (χ1) is 7.54. The van der Waals surface area contributed by atoms with Gasteiger partial charge in [0.15, 0.2) is 5.78 Å². The number of aliphatic hydroxyl groups is 3. The number of hydrogen-bond acceptors (Lipinski definition) is 6. The van der Waals surface area contributed by atoms with E-state index >= 15 is 0 Å². The predicted octanol–water partition coefficient (Wildman–Crippen LogP) is -1.02. The van der Waals surface area contributed by atoms with Crippen LogP contribution in [-0.4, -0.2) is 52.6 Å². The Morgan fingerprint density at radius 2 is 1.94 bits per heavy atom. The summed E-state index contributed by atoms with van der Waals surface area (Å²) in [5.41, 5.74) is 2.38. The van der Waals surface area contributed by atoms with Gasteiger partial charge in [0.1, 0.15) is 12.2 Å². The predicted molar refractivity (Wildman–Crippen MR) is 57.6 cm³/mol. The van der Waals surface area contributed by atoms with Gasteiger partial charge in [-0.1, -0.05) is 13.3 Å². The van der Waals surface area contributed by atoms with E-state index in [0.717, 1.165) is 0 Å². The van der Waals surface area contributed by atoms with Gasteiger partial charge in [-0.15, -0.1) is 0 Å². The third-order valence-electron chi connectivity index (χ3n) is 2.09. The molecule has 0 amide bonds. The molecule has 0 bridgehead atoms. The van der Waals surface area contributed by atoms with Crippen LogP contribution in [0.2, 0.25) is 0 Å². The third kappa shape index (κ3) is 5.53. The lowest BCUT2D eigenvalue weighted by molar-refractivity contribution is -0.142. The summed E-state index contributed by atoms with van der Waals surface area (Å²) in [5, 5.41) is 28.2. The molecular formula is C10H21NO5. The summed E-state index contributed by atoms with van der Waals surface area (Å²) in [6.07, 6.45) is -3.08. The first-order valence-electron chi connectivity index (χ1n) is 5.47. The van der Waals surface area contributed by atoms with Gasteiger partial charge < -0.3 is 20.2 Å². The van der Waals surface area contributed by atoms with Crippen molar-refractivity contribution >= 4 is 5.78 Å². The van der Waals surface area contributed by atoms with Crippen LogP contribution < -0.4 is 5.48 Å². The Hall–Kier alpha value is -0.530. The molecule has 0 aromatic carbocycles. The fourth-order valence-electron chi connectivity index (χ4n) is 1.18. The molecule has 6 heteroatoms. The van der Waals surface area contributed by atoms with E-state index in [1.165, 1.54) is 0 Å². The summed E-state index contributed by atoms with van der Waals surface area (Å²) in [7, 11) is 0. The van der Waals surface area contributed by atoms with E-state index in [1.807, 2.05) is 6.92 Å². The van der Waals surface area contributed by atoms with Crippen molar-refractivity contribution in [1.29, 1.82) is 0 Å². The molecule has 0 heterocycles. The molecule has 3 unspecified atom stereocenters. The van der Waals surface area contributed by atoms with Crippen molar-refractivity contribution in [2.24, 2.45) is 0 Å². The number of rotatable bonds is 9. The molecule has 0 fully saturated rings. The summed E-state index contributed by atoms with van der Waals surface area (Å²) >= 11 is 0. The molecule has 0 aromatic heterocycles. The maximum atomic E-state index is 11.4. The number of carbonyl (C=O) groups is 1. The fourth-order valence-corrected chi connectivity index (χ4v) is 1.18. The summed E-state index contributed by atoms with van der Waals surface area (Å²) in [4.78, 5) is 16.1. The first-order valence-corrected chi connectivity index (χ1v) is 5.47. The molecule has 0 aromatic rings. The number of ketones is 1. The zero-order valence-corrected chi connectivity index (χ0v) is 9.72. The van der Waals surface area contributed by atoms with Crippen LogP contribution >= 0.6 is 0 Å². The Balaban J connectivity index is 4.00. The highest BCUT2D eigenvalue weighted by molar-refractivity contribution is 5.87. The van der Waals surface area contributed by atoms with Crippen molar-refractivity contribution in [3.05, 3.63) is 0 Å². The lowest BCUT2D eigenvalue weighted by atomic mass is 10.0. The first kappa shape index (κ1) is 15.5. The second-order valence-corrected chi connectivity index (χ2v) is 3.50. The van der Waals surface area contributed by atoms with Crippen LogP contribution in [0.15, 0.2) is 0 Å². The van der Waals surface area contributed by atoms with Crippen molar-refractivity contribution < 1.29 is 25.0 Å². The summed E-state index contributed by atoms with van der Waals surface area (Å²) in [5.74, 6) is -0.798. The molecule has 0 saturated carbocycles. The van der Waals surface area contributed by atoms with Crippen LogP contribution in [0, 0.1) is 0 Å². The van der Waals surface area contributed by atoms with Crippen molar-refractivity contribution in [2.75, 3.05) is 13.2 Å². The lowest BCUT2D eigenvalue weighted by Crippen LogP contribution is -2.44. The SMILES string of the molecule is CCCC(O)C(O)C(=O)C(O)CNOCC. The zero-order valence-electron chi connectivity index (χ0n) is 9.72. The van der Waals surface area contributed by atoms with Crippen LogP contribution in [-0.2, 0) is 9.63 Å². The van der Waals surface area contributed by atoms with Gasteiger partial charge in [-0.3, -0.25) is 4.79 Å². The number of hydrogen-bond donors (Lipinski definition) is 4. The third-order valence-corrected chi connectivity index (χ3v) is 2.09. The standard InChI is InChI=1S/C10H21NO5/c1-3-5-7(12)9(14)10(15)8(13)6-11-16-4-2/h7-9,11-14H,3-6H2,1-2H3. The van der Waals surface area contributed by atoms with E-state index in [0.29, 0.717) is 19.4 Å². The van der Waals surface area contributed by atoms with Crippen molar-refractivity contribution in [3.8, 4) is 0 Å². The van der Waals surface area contributed by atoms with Gasteiger partial charge in [-0.25, -0.2) is 0 Å². The van der Waals surface area contributed by atoms with E-state index in [4.69, 9.17) is 4.84 Å². The number of hydroxylamine groups is 1. The number of Topliss-reactive ketones (excluding diaryl/α,β-unsaturated/α-hetero) is 1. The molecule has 0 spiro atoms. The minimum Gasteiger partial charge on any atom is -0.390 e. The minimum absolute atomic E-state index is 0.109. The molecule has 96 valence electrons. The number of carbonyl (C=O) groups excluding carboxylic acids is 1. The Kier molecular flexibility index (Phi) is 8.32. The Labute approximate surface area is 95.2 Å². The maximum Gasteiger partial charge on any atom is 0.193 e. The Bertz CT molecular complexity index is 200. The highest BCUT2D eigenvalue weighted by atomic mass is 16.6. The maximum absolute atomic E-state index is 11.4.